The lowest BCUT2D eigenvalue weighted by Crippen LogP contribution is -2.22. The first-order valence-corrected chi connectivity index (χ1v) is 9.75. The summed E-state index contributed by atoms with van der Waals surface area (Å²) in [4.78, 5) is 0. The van der Waals surface area contributed by atoms with E-state index in [1.807, 2.05) is 24.3 Å². The van der Waals surface area contributed by atoms with Crippen molar-refractivity contribution in [2.45, 2.75) is 52.0 Å². The number of nitrogens with one attached hydrogen (secondary N) is 1. The van der Waals surface area contributed by atoms with Crippen LogP contribution in [0.1, 0.15) is 68.7 Å². The normalized spacial score (nSPS) is 11.8. The molecule has 2 aromatic rings. The molecule has 0 aliphatic carbocycles. The SMILES string of the molecule is C#Cc1ccc(C(=C)NC(CC(CCC)CCC)c2ccccc2)cc1. The molecule has 0 fully saturated rings. The largest absolute Gasteiger partial charge is 0.378 e. The van der Waals surface area contributed by atoms with E-state index in [0.717, 1.165) is 29.2 Å². The molecule has 1 N–H and O–H groups in total. The smallest absolute Gasteiger partial charge is 0.0516 e. The average Bonchev–Trinajstić information content (AvgIpc) is 2.68. The van der Waals surface area contributed by atoms with Crippen LogP contribution in [0, 0.1) is 18.3 Å². The molecule has 2 rings (SSSR count). The van der Waals surface area contributed by atoms with Crippen molar-refractivity contribution in [2.24, 2.45) is 5.92 Å². The van der Waals surface area contributed by atoms with Gasteiger partial charge in [-0.1, -0.05) is 94.5 Å². The lowest BCUT2D eigenvalue weighted by molar-refractivity contribution is 0.364. The third-order valence-electron chi connectivity index (χ3n) is 4.91. The molecule has 0 aliphatic heterocycles. The summed E-state index contributed by atoms with van der Waals surface area (Å²) in [6, 6.07) is 19.0. The molecule has 1 heteroatoms. The summed E-state index contributed by atoms with van der Waals surface area (Å²) in [5, 5.41) is 3.69. The summed E-state index contributed by atoms with van der Waals surface area (Å²) >= 11 is 0. The van der Waals surface area contributed by atoms with Gasteiger partial charge in [-0.2, -0.15) is 0 Å². The minimum atomic E-state index is 0.277. The van der Waals surface area contributed by atoms with Gasteiger partial charge >= 0.3 is 0 Å². The van der Waals surface area contributed by atoms with Crippen LogP contribution in [0.2, 0.25) is 0 Å². The second-order valence-corrected chi connectivity index (χ2v) is 6.99. The van der Waals surface area contributed by atoms with E-state index >= 15 is 0 Å². The monoisotopic (exact) mass is 345 g/mol. The molecule has 0 amide bonds. The van der Waals surface area contributed by atoms with Crippen molar-refractivity contribution >= 4 is 5.70 Å². The summed E-state index contributed by atoms with van der Waals surface area (Å²) in [6.07, 6.45) is 11.6. The average molecular weight is 346 g/mol. The Labute approximate surface area is 159 Å². The Morgan fingerprint density at radius 2 is 1.62 bits per heavy atom. The molecule has 26 heavy (non-hydrogen) atoms. The quantitative estimate of drug-likeness (QED) is 0.480. The molecular formula is C25H31N. The van der Waals surface area contributed by atoms with Gasteiger partial charge < -0.3 is 5.32 Å². The molecule has 0 heterocycles. The number of rotatable bonds is 10. The maximum absolute atomic E-state index is 5.46. The van der Waals surface area contributed by atoms with Gasteiger partial charge in [-0.05, 0) is 35.6 Å². The highest BCUT2D eigenvalue weighted by atomic mass is 14.9. The van der Waals surface area contributed by atoms with E-state index < -0.39 is 0 Å². The van der Waals surface area contributed by atoms with Crippen molar-refractivity contribution in [3.8, 4) is 12.3 Å². The Morgan fingerprint density at radius 1 is 1.00 bits per heavy atom. The third-order valence-corrected chi connectivity index (χ3v) is 4.91. The first-order chi connectivity index (χ1) is 12.7. The predicted octanol–water partition coefficient (Wildman–Crippen LogP) is 6.58. The molecule has 0 saturated carbocycles. The van der Waals surface area contributed by atoms with E-state index in [1.165, 1.54) is 31.2 Å². The van der Waals surface area contributed by atoms with Crippen molar-refractivity contribution in [1.29, 1.82) is 0 Å². The van der Waals surface area contributed by atoms with Crippen molar-refractivity contribution in [3.63, 3.8) is 0 Å². The fraction of sp³-hybridized carbons (Fsp3) is 0.360. The summed E-state index contributed by atoms with van der Waals surface area (Å²) in [5.41, 5.74) is 4.26. The van der Waals surface area contributed by atoms with Gasteiger partial charge in [0.15, 0.2) is 0 Å². The minimum absolute atomic E-state index is 0.277. The number of benzene rings is 2. The molecule has 0 aliphatic rings. The highest BCUT2D eigenvalue weighted by Gasteiger charge is 2.18. The zero-order chi connectivity index (χ0) is 18.8. The van der Waals surface area contributed by atoms with Crippen molar-refractivity contribution in [2.75, 3.05) is 0 Å². The standard InChI is InChI=1S/C25H31N/c1-5-11-22(12-6-2)19-25(24-13-9-8-10-14-24)26-20(4)23-17-15-21(7-3)16-18-23/h3,8-10,13-18,22,25-26H,4-6,11-12,19H2,1-2H3. The molecule has 0 bridgehead atoms. The Hall–Kier alpha value is -2.46. The molecule has 1 atom stereocenters. The first kappa shape index (κ1) is 19.9. The highest BCUT2D eigenvalue weighted by Crippen LogP contribution is 2.29. The Bertz CT molecular complexity index is 700. The highest BCUT2D eigenvalue weighted by molar-refractivity contribution is 5.63. The lowest BCUT2D eigenvalue weighted by Gasteiger charge is -2.26. The molecule has 0 radical (unpaired) electrons. The maximum atomic E-state index is 5.46. The first-order valence-electron chi connectivity index (χ1n) is 9.75. The van der Waals surface area contributed by atoms with Crippen LogP contribution in [-0.2, 0) is 0 Å². The van der Waals surface area contributed by atoms with E-state index in [0.29, 0.717) is 0 Å². The number of hydrogen-bond donors (Lipinski definition) is 1. The van der Waals surface area contributed by atoms with E-state index in [9.17, 15) is 0 Å². The van der Waals surface area contributed by atoms with Crippen LogP contribution >= 0.6 is 0 Å². The second-order valence-electron chi connectivity index (χ2n) is 6.99. The van der Waals surface area contributed by atoms with Crippen LogP contribution in [0.25, 0.3) is 5.70 Å². The third kappa shape index (κ3) is 5.81. The van der Waals surface area contributed by atoms with Crippen molar-refractivity contribution in [3.05, 3.63) is 77.9 Å². The summed E-state index contributed by atoms with van der Waals surface area (Å²) < 4.78 is 0. The van der Waals surface area contributed by atoms with Crippen LogP contribution in [0.15, 0.2) is 61.2 Å². The summed E-state index contributed by atoms with van der Waals surface area (Å²) in [6.45, 7) is 8.84. The maximum Gasteiger partial charge on any atom is 0.0516 e. The van der Waals surface area contributed by atoms with Crippen LogP contribution in [0.3, 0.4) is 0 Å². The van der Waals surface area contributed by atoms with Crippen LogP contribution in [0.5, 0.6) is 0 Å². The molecule has 2 aromatic carbocycles. The van der Waals surface area contributed by atoms with Crippen molar-refractivity contribution in [1.82, 2.24) is 5.32 Å². The van der Waals surface area contributed by atoms with Crippen LogP contribution in [0.4, 0.5) is 0 Å². The minimum Gasteiger partial charge on any atom is -0.378 e. The van der Waals surface area contributed by atoms with E-state index in [2.05, 4.69) is 62.0 Å². The number of terminal acetylenes is 1. The lowest BCUT2D eigenvalue weighted by atomic mass is 9.88. The number of hydrogen-bond acceptors (Lipinski definition) is 1. The molecule has 0 aromatic heterocycles. The zero-order valence-corrected chi connectivity index (χ0v) is 16.2. The van der Waals surface area contributed by atoms with E-state index in [4.69, 9.17) is 6.42 Å². The summed E-state index contributed by atoms with van der Waals surface area (Å²) in [5.74, 6) is 3.40. The Morgan fingerprint density at radius 3 is 2.15 bits per heavy atom. The van der Waals surface area contributed by atoms with Gasteiger partial charge in [-0.3, -0.25) is 0 Å². The molecular weight excluding hydrogens is 314 g/mol. The second kappa shape index (κ2) is 10.5. The van der Waals surface area contributed by atoms with Crippen LogP contribution < -0.4 is 5.32 Å². The van der Waals surface area contributed by atoms with Crippen molar-refractivity contribution < 1.29 is 0 Å². The van der Waals surface area contributed by atoms with Crippen LogP contribution in [-0.4, -0.2) is 0 Å². The molecule has 0 saturated heterocycles. The van der Waals surface area contributed by atoms with Gasteiger partial charge in [0.25, 0.3) is 0 Å². The fourth-order valence-electron chi connectivity index (χ4n) is 3.55. The topological polar surface area (TPSA) is 12.0 Å². The van der Waals surface area contributed by atoms with E-state index in [-0.39, 0.29) is 6.04 Å². The van der Waals surface area contributed by atoms with Gasteiger partial charge in [0.1, 0.15) is 0 Å². The predicted molar refractivity (Wildman–Crippen MR) is 114 cm³/mol. The van der Waals surface area contributed by atoms with Gasteiger partial charge in [0.2, 0.25) is 0 Å². The molecule has 1 nitrogen and oxygen atoms in total. The fourth-order valence-corrected chi connectivity index (χ4v) is 3.55. The van der Waals surface area contributed by atoms with Gasteiger partial charge in [0.05, 0.1) is 6.04 Å². The van der Waals surface area contributed by atoms with Gasteiger partial charge in [-0.15, -0.1) is 6.42 Å². The Kier molecular flexibility index (Phi) is 8.03. The van der Waals surface area contributed by atoms with Gasteiger partial charge in [0, 0.05) is 11.3 Å². The summed E-state index contributed by atoms with van der Waals surface area (Å²) in [7, 11) is 0. The molecule has 0 spiro atoms. The van der Waals surface area contributed by atoms with E-state index in [1.54, 1.807) is 0 Å². The van der Waals surface area contributed by atoms with Gasteiger partial charge in [-0.25, -0.2) is 0 Å². The molecule has 136 valence electrons. The Balaban J connectivity index is 2.17. The zero-order valence-electron chi connectivity index (χ0n) is 16.2. The molecule has 1 unspecified atom stereocenters.